The number of carbonyl (C=O) groups excluding carboxylic acids is 3. The van der Waals surface area contributed by atoms with Crippen LogP contribution in [-0.2, 0) is 27.9 Å². The van der Waals surface area contributed by atoms with Crippen molar-refractivity contribution in [1.82, 2.24) is 24.9 Å². The van der Waals surface area contributed by atoms with E-state index >= 15 is 0 Å². The van der Waals surface area contributed by atoms with Crippen molar-refractivity contribution >= 4 is 34.3 Å². The number of carbonyl (C=O) groups is 3. The van der Waals surface area contributed by atoms with Crippen LogP contribution >= 0.6 is 0 Å². The van der Waals surface area contributed by atoms with E-state index in [1.807, 2.05) is 42.3 Å². The molecule has 0 bridgehead atoms. The summed E-state index contributed by atoms with van der Waals surface area (Å²) in [5.74, 6) is 1.16. The SMILES string of the molecule is Cn1nc(C2CCC(=O)NC2=O)c2ccc(OCC(=O)N3CCN(CC4CCN(c5ccc([C@@H]6c7ccc(O)cc7CC[C@@H]6c6ccccc6)cc5)CC4)CC3)cc21. The highest BCUT2D eigenvalue weighted by Crippen LogP contribution is 2.47. The molecule has 0 saturated carbocycles. The maximum absolute atomic E-state index is 13.2. The van der Waals surface area contributed by atoms with Gasteiger partial charge in [0, 0.05) is 82.3 Å². The molecule has 4 aliphatic rings. The summed E-state index contributed by atoms with van der Waals surface area (Å²) in [4.78, 5) is 44.3. The zero-order valence-electron chi connectivity index (χ0n) is 33.2. The van der Waals surface area contributed by atoms with Gasteiger partial charge in [-0.1, -0.05) is 48.5 Å². The number of fused-ring (bicyclic) bond motifs is 2. The molecule has 9 rings (SSSR count). The van der Waals surface area contributed by atoms with Gasteiger partial charge in [0.2, 0.25) is 11.8 Å². The van der Waals surface area contributed by atoms with Gasteiger partial charge in [0.15, 0.2) is 6.61 Å². The predicted octanol–water partition coefficient (Wildman–Crippen LogP) is 6.10. The van der Waals surface area contributed by atoms with Gasteiger partial charge in [-0.2, -0.15) is 5.10 Å². The Morgan fingerprint density at radius 2 is 1.60 bits per heavy atom. The first kappa shape index (κ1) is 37.9. The number of piperazine rings is 1. The fourth-order valence-corrected chi connectivity index (χ4v) is 9.89. The molecule has 0 spiro atoms. The number of anilines is 1. The maximum Gasteiger partial charge on any atom is 0.260 e. The number of ether oxygens (including phenoxy) is 1. The average molecular weight is 781 g/mol. The number of aromatic nitrogens is 2. The van der Waals surface area contributed by atoms with Gasteiger partial charge in [0.1, 0.15) is 11.5 Å². The first-order valence-electron chi connectivity index (χ1n) is 20.9. The van der Waals surface area contributed by atoms with E-state index in [0.717, 1.165) is 69.3 Å². The molecule has 1 unspecified atom stereocenters. The largest absolute Gasteiger partial charge is 0.508 e. The number of amides is 3. The molecule has 3 saturated heterocycles. The van der Waals surface area contributed by atoms with Gasteiger partial charge in [-0.05, 0) is 103 Å². The van der Waals surface area contributed by atoms with Gasteiger partial charge in [-0.3, -0.25) is 29.3 Å². The number of nitrogens with one attached hydrogen (secondary N) is 1. The molecule has 3 aliphatic heterocycles. The third kappa shape index (κ3) is 7.79. The number of imide groups is 1. The number of rotatable bonds is 9. The molecule has 5 aromatic rings. The molecule has 1 aromatic heterocycles. The molecular formula is C47H52N6O5. The molecule has 11 heteroatoms. The summed E-state index contributed by atoms with van der Waals surface area (Å²) in [6, 6.07) is 31.6. The van der Waals surface area contributed by atoms with Crippen LogP contribution in [0.15, 0.2) is 91.0 Å². The second kappa shape index (κ2) is 16.3. The Morgan fingerprint density at radius 3 is 2.36 bits per heavy atom. The summed E-state index contributed by atoms with van der Waals surface area (Å²) in [6.45, 7) is 6.24. The van der Waals surface area contributed by atoms with E-state index in [4.69, 9.17) is 4.74 Å². The van der Waals surface area contributed by atoms with Crippen LogP contribution in [0.1, 0.15) is 77.8 Å². The molecule has 11 nitrogen and oxygen atoms in total. The molecule has 1 aliphatic carbocycles. The van der Waals surface area contributed by atoms with E-state index in [1.165, 1.54) is 27.9 Å². The van der Waals surface area contributed by atoms with Crippen LogP contribution < -0.4 is 15.0 Å². The number of hydrogen-bond acceptors (Lipinski definition) is 8. The second-order valence-corrected chi connectivity index (χ2v) is 16.6. The minimum Gasteiger partial charge on any atom is -0.508 e. The number of aryl methyl sites for hydroxylation is 2. The van der Waals surface area contributed by atoms with Crippen LogP contribution in [0.4, 0.5) is 5.69 Å². The van der Waals surface area contributed by atoms with Gasteiger partial charge < -0.3 is 19.6 Å². The van der Waals surface area contributed by atoms with Crippen molar-refractivity contribution in [3.05, 3.63) is 119 Å². The smallest absolute Gasteiger partial charge is 0.260 e. The van der Waals surface area contributed by atoms with E-state index in [-0.39, 0.29) is 30.2 Å². The fraction of sp³-hybridized carbons (Fsp3) is 0.404. The molecule has 3 amide bonds. The van der Waals surface area contributed by atoms with E-state index in [1.54, 1.807) is 4.68 Å². The Kier molecular flexibility index (Phi) is 10.6. The molecule has 3 atom stereocenters. The topological polar surface area (TPSA) is 120 Å². The highest BCUT2D eigenvalue weighted by molar-refractivity contribution is 6.02. The number of phenolic OH excluding ortho intramolecular Hbond substituents is 1. The number of phenols is 1. The second-order valence-electron chi connectivity index (χ2n) is 16.6. The number of hydrogen-bond donors (Lipinski definition) is 2. The molecule has 3 fully saturated rings. The van der Waals surface area contributed by atoms with E-state index in [9.17, 15) is 19.5 Å². The first-order chi connectivity index (χ1) is 28.3. The number of aromatic hydroxyl groups is 1. The molecular weight excluding hydrogens is 729 g/mol. The number of nitrogens with zero attached hydrogens (tertiary/aromatic N) is 5. The lowest BCUT2D eigenvalue weighted by molar-refractivity contribution is -0.135. The summed E-state index contributed by atoms with van der Waals surface area (Å²) < 4.78 is 7.68. The lowest BCUT2D eigenvalue weighted by atomic mass is 9.69. The molecule has 300 valence electrons. The van der Waals surface area contributed by atoms with Gasteiger partial charge in [-0.25, -0.2) is 0 Å². The van der Waals surface area contributed by atoms with Crippen molar-refractivity contribution in [3.63, 3.8) is 0 Å². The zero-order valence-corrected chi connectivity index (χ0v) is 33.2. The summed E-state index contributed by atoms with van der Waals surface area (Å²) in [5.41, 5.74) is 8.04. The van der Waals surface area contributed by atoms with Crippen LogP contribution in [0.5, 0.6) is 11.5 Å². The summed E-state index contributed by atoms with van der Waals surface area (Å²) in [6.07, 6.45) is 5.07. The quantitative estimate of drug-likeness (QED) is 0.172. The Bertz CT molecular complexity index is 2290. The van der Waals surface area contributed by atoms with Gasteiger partial charge in [-0.15, -0.1) is 0 Å². The van der Waals surface area contributed by atoms with Crippen LogP contribution in [-0.4, -0.2) is 94.8 Å². The number of piperidine rings is 2. The maximum atomic E-state index is 13.2. The standard InChI is InChI=1S/C47H52N6O5/c1-50-42-28-37(13-16-40(42)46(49-50)41-17-18-43(55)48-47(41)57)58-30-44(56)53-25-23-51(24-26-53)29-31-19-21-52(22-20-31)35-10-7-33(8-11-35)45-38(32-5-3-2-4-6-32)14-9-34-27-36(54)12-15-39(34)45/h2-8,10-13,15-16,27-28,31,38,41,45,54H,9,14,17-26,29-30H2,1H3,(H,48,55,57)/t38-,41?,45+/m1/s1. The predicted molar refractivity (Wildman–Crippen MR) is 223 cm³/mol. The third-order valence-electron chi connectivity index (χ3n) is 13.1. The monoisotopic (exact) mass is 780 g/mol. The summed E-state index contributed by atoms with van der Waals surface area (Å²) in [7, 11) is 1.82. The average Bonchev–Trinajstić information content (AvgIpc) is 3.58. The van der Waals surface area contributed by atoms with E-state index in [0.29, 0.717) is 55.0 Å². The molecule has 0 radical (unpaired) electrons. The van der Waals surface area contributed by atoms with E-state index < -0.39 is 5.92 Å². The van der Waals surface area contributed by atoms with Gasteiger partial charge in [0.25, 0.3) is 5.91 Å². The van der Waals surface area contributed by atoms with Crippen molar-refractivity contribution in [2.45, 2.75) is 56.3 Å². The number of benzene rings is 4. The van der Waals surface area contributed by atoms with Crippen molar-refractivity contribution < 1.29 is 24.2 Å². The van der Waals surface area contributed by atoms with Crippen LogP contribution in [0, 0.1) is 5.92 Å². The zero-order chi connectivity index (χ0) is 39.8. The molecule has 58 heavy (non-hydrogen) atoms. The first-order valence-corrected chi connectivity index (χ1v) is 20.9. The minimum absolute atomic E-state index is 0.0177. The highest BCUT2D eigenvalue weighted by atomic mass is 16.5. The summed E-state index contributed by atoms with van der Waals surface area (Å²) in [5, 5.41) is 18.1. The Balaban J connectivity index is 0.745. The third-order valence-corrected chi connectivity index (χ3v) is 13.1. The fourth-order valence-electron chi connectivity index (χ4n) is 9.89. The van der Waals surface area contributed by atoms with Crippen molar-refractivity contribution in [3.8, 4) is 11.5 Å². The van der Waals surface area contributed by atoms with Crippen LogP contribution in [0.25, 0.3) is 10.9 Å². The van der Waals surface area contributed by atoms with E-state index in [2.05, 4.69) is 80.9 Å². The normalized spacial score (nSPS) is 21.8. The molecule has 4 aromatic carbocycles. The lowest BCUT2D eigenvalue weighted by Crippen LogP contribution is -2.51. The van der Waals surface area contributed by atoms with Crippen LogP contribution in [0.3, 0.4) is 0 Å². The molecule has 4 heterocycles. The van der Waals surface area contributed by atoms with Crippen molar-refractivity contribution in [2.75, 3.05) is 57.3 Å². The highest BCUT2D eigenvalue weighted by Gasteiger charge is 2.34. The Morgan fingerprint density at radius 1 is 0.828 bits per heavy atom. The lowest BCUT2D eigenvalue weighted by Gasteiger charge is -2.39. The van der Waals surface area contributed by atoms with Crippen LogP contribution in [0.2, 0.25) is 0 Å². The summed E-state index contributed by atoms with van der Waals surface area (Å²) >= 11 is 0. The van der Waals surface area contributed by atoms with Crippen molar-refractivity contribution in [1.29, 1.82) is 0 Å². The Hall–Kier alpha value is -5.68. The van der Waals surface area contributed by atoms with Crippen molar-refractivity contribution in [2.24, 2.45) is 13.0 Å². The van der Waals surface area contributed by atoms with Gasteiger partial charge >= 0.3 is 0 Å². The van der Waals surface area contributed by atoms with Gasteiger partial charge in [0.05, 0.1) is 17.1 Å². The Labute approximate surface area is 339 Å². The minimum atomic E-state index is -0.469. The molecule has 2 N–H and O–H groups in total.